The van der Waals surface area contributed by atoms with E-state index in [4.69, 9.17) is 4.74 Å². The lowest BCUT2D eigenvalue weighted by atomic mass is 10.1. The zero-order valence-corrected chi connectivity index (χ0v) is 17.2. The Bertz CT molecular complexity index is 898. The van der Waals surface area contributed by atoms with Gasteiger partial charge >= 0.3 is 0 Å². The van der Waals surface area contributed by atoms with Crippen LogP contribution >= 0.6 is 0 Å². The van der Waals surface area contributed by atoms with E-state index in [-0.39, 0.29) is 19.0 Å². The average molecular weight is 391 g/mol. The number of methoxy groups -OCH3 is 1. The number of hydrogen-bond acceptors (Lipinski definition) is 4. The molecule has 0 heterocycles. The van der Waals surface area contributed by atoms with Gasteiger partial charge in [-0.15, -0.1) is 0 Å². The standard InChI is InChI=1S/C20H26N2O4S/c1-14-12-15(2)20(16(3)13-14)27(24,25)21-10-11-22(17(4)23)18-6-8-19(26-5)9-7-18/h6-9,12-13,21H,10-11H2,1-5H3. The number of nitrogens with one attached hydrogen (secondary N) is 1. The summed E-state index contributed by atoms with van der Waals surface area (Å²) in [5.41, 5.74) is 3.12. The number of hydrogen-bond donors (Lipinski definition) is 1. The Kier molecular flexibility index (Phi) is 6.62. The van der Waals surface area contributed by atoms with E-state index in [0.717, 1.165) is 5.56 Å². The summed E-state index contributed by atoms with van der Waals surface area (Å²) < 4.78 is 33.2. The number of carbonyl (C=O) groups is 1. The molecule has 2 rings (SSSR count). The monoisotopic (exact) mass is 390 g/mol. The number of benzene rings is 2. The minimum atomic E-state index is -3.66. The van der Waals surface area contributed by atoms with Crippen molar-refractivity contribution in [3.8, 4) is 5.75 Å². The number of carbonyl (C=O) groups excluding carboxylic acids is 1. The molecule has 1 amide bonds. The molecule has 0 atom stereocenters. The van der Waals surface area contributed by atoms with Crippen molar-refractivity contribution < 1.29 is 17.9 Å². The van der Waals surface area contributed by atoms with Crippen molar-refractivity contribution in [3.63, 3.8) is 0 Å². The molecule has 2 aromatic carbocycles. The molecular formula is C20H26N2O4S. The Labute approximate surface area is 161 Å². The van der Waals surface area contributed by atoms with Gasteiger partial charge in [-0.25, -0.2) is 13.1 Å². The lowest BCUT2D eigenvalue weighted by molar-refractivity contribution is -0.116. The molecular weight excluding hydrogens is 364 g/mol. The number of aryl methyl sites for hydroxylation is 3. The maximum absolute atomic E-state index is 12.7. The van der Waals surface area contributed by atoms with E-state index >= 15 is 0 Å². The van der Waals surface area contributed by atoms with E-state index in [1.165, 1.54) is 11.8 Å². The predicted octanol–water partition coefficient (Wildman–Crippen LogP) is 2.95. The average Bonchev–Trinajstić information content (AvgIpc) is 2.57. The van der Waals surface area contributed by atoms with E-state index in [2.05, 4.69) is 4.72 Å². The van der Waals surface area contributed by atoms with Crippen LogP contribution in [0.25, 0.3) is 0 Å². The predicted molar refractivity (Wildman–Crippen MR) is 107 cm³/mol. The third-order valence-electron chi connectivity index (χ3n) is 4.27. The van der Waals surface area contributed by atoms with Crippen LogP contribution in [0.5, 0.6) is 5.75 Å². The topological polar surface area (TPSA) is 75.7 Å². The second-order valence-electron chi connectivity index (χ2n) is 6.49. The molecule has 1 N–H and O–H groups in total. The molecule has 0 unspecified atom stereocenters. The number of amides is 1. The van der Waals surface area contributed by atoms with Gasteiger partial charge in [-0.05, 0) is 56.2 Å². The van der Waals surface area contributed by atoms with Crippen molar-refractivity contribution in [2.45, 2.75) is 32.6 Å². The van der Waals surface area contributed by atoms with E-state index in [1.807, 2.05) is 19.1 Å². The highest BCUT2D eigenvalue weighted by molar-refractivity contribution is 7.89. The summed E-state index contributed by atoms with van der Waals surface area (Å²) in [6.45, 7) is 7.30. The van der Waals surface area contributed by atoms with Crippen molar-refractivity contribution in [1.82, 2.24) is 4.72 Å². The Morgan fingerprint density at radius 3 is 2.11 bits per heavy atom. The van der Waals surface area contributed by atoms with Gasteiger partial charge in [0.25, 0.3) is 0 Å². The molecule has 0 radical (unpaired) electrons. The second kappa shape index (κ2) is 8.54. The summed E-state index contributed by atoms with van der Waals surface area (Å²) >= 11 is 0. The first-order valence-electron chi connectivity index (χ1n) is 8.65. The number of sulfonamides is 1. The zero-order valence-electron chi connectivity index (χ0n) is 16.4. The maximum Gasteiger partial charge on any atom is 0.241 e. The molecule has 27 heavy (non-hydrogen) atoms. The molecule has 0 aliphatic heterocycles. The third-order valence-corrected chi connectivity index (χ3v) is 6.03. The van der Waals surface area contributed by atoms with Gasteiger partial charge in [0.1, 0.15) is 5.75 Å². The van der Waals surface area contributed by atoms with Gasteiger partial charge in [-0.3, -0.25) is 4.79 Å². The van der Waals surface area contributed by atoms with E-state index in [9.17, 15) is 13.2 Å². The smallest absolute Gasteiger partial charge is 0.241 e. The van der Waals surface area contributed by atoms with E-state index in [0.29, 0.717) is 27.5 Å². The van der Waals surface area contributed by atoms with Crippen LogP contribution in [0.15, 0.2) is 41.3 Å². The Morgan fingerprint density at radius 1 is 1.07 bits per heavy atom. The summed E-state index contributed by atoms with van der Waals surface area (Å²) in [5, 5.41) is 0. The highest BCUT2D eigenvalue weighted by Crippen LogP contribution is 2.22. The van der Waals surface area contributed by atoms with Crippen molar-refractivity contribution in [2.75, 3.05) is 25.1 Å². The Morgan fingerprint density at radius 2 is 1.63 bits per heavy atom. The minimum Gasteiger partial charge on any atom is -0.497 e. The molecule has 7 heteroatoms. The van der Waals surface area contributed by atoms with Crippen molar-refractivity contribution in [2.24, 2.45) is 0 Å². The number of ether oxygens (including phenoxy) is 1. The highest BCUT2D eigenvalue weighted by Gasteiger charge is 2.20. The molecule has 6 nitrogen and oxygen atoms in total. The molecule has 146 valence electrons. The fourth-order valence-corrected chi connectivity index (χ4v) is 4.66. The number of anilines is 1. The van der Waals surface area contributed by atoms with Gasteiger partial charge in [0.2, 0.25) is 15.9 Å². The number of rotatable bonds is 7. The van der Waals surface area contributed by atoms with Crippen LogP contribution in [0.1, 0.15) is 23.6 Å². The molecule has 0 aliphatic rings. The van der Waals surface area contributed by atoms with Crippen molar-refractivity contribution in [1.29, 1.82) is 0 Å². The number of nitrogens with zero attached hydrogens (tertiary/aromatic N) is 1. The SMILES string of the molecule is COc1ccc(N(CCNS(=O)(=O)c2c(C)cc(C)cc2C)C(C)=O)cc1. The molecule has 0 saturated carbocycles. The summed E-state index contributed by atoms with van der Waals surface area (Å²) in [6, 6.07) is 10.7. The van der Waals surface area contributed by atoms with Gasteiger partial charge < -0.3 is 9.64 Å². The fourth-order valence-electron chi connectivity index (χ4n) is 3.19. The second-order valence-corrected chi connectivity index (χ2v) is 8.20. The summed E-state index contributed by atoms with van der Waals surface area (Å²) in [6.07, 6.45) is 0. The lowest BCUT2D eigenvalue weighted by Crippen LogP contribution is -2.37. The van der Waals surface area contributed by atoms with Gasteiger partial charge in [0.15, 0.2) is 0 Å². The van der Waals surface area contributed by atoms with Gasteiger partial charge in [0, 0.05) is 25.7 Å². The third kappa shape index (κ3) is 5.08. The normalized spacial score (nSPS) is 11.3. The zero-order chi connectivity index (χ0) is 20.2. The first-order chi connectivity index (χ1) is 12.7. The van der Waals surface area contributed by atoms with Gasteiger partial charge in [-0.2, -0.15) is 0 Å². The largest absolute Gasteiger partial charge is 0.497 e. The first kappa shape index (κ1) is 20.9. The molecule has 0 aliphatic carbocycles. The minimum absolute atomic E-state index is 0.112. The van der Waals surface area contributed by atoms with E-state index in [1.54, 1.807) is 45.2 Å². The van der Waals surface area contributed by atoms with Crippen LogP contribution < -0.4 is 14.4 Å². The molecule has 0 spiro atoms. The molecule has 0 saturated heterocycles. The van der Waals surface area contributed by atoms with Crippen LogP contribution in [-0.2, 0) is 14.8 Å². The van der Waals surface area contributed by atoms with Crippen LogP contribution in [0.3, 0.4) is 0 Å². The summed E-state index contributed by atoms with van der Waals surface area (Å²) in [7, 11) is -2.09. The summed E-state index contributed by atoms with van der Waals surface area (Å²) in [5.74, 6) is 0.523. The van der Waals surface area contributed by atoms with Crippen molar-refractivity contribution >= 4 is 21.6 Å². The Hall–Kier alpha value is -2.38. The summed E-state index contributed by atoms with van der Waals surface area (Å²) in [4.78, 5) is 13.8. The molecule has 0 aromatic heterocycles. The van der Waals surface area contributed by atoms with Crippen molar-refractivity contribution in [3.05, 3.63) is 53.1 Å². The maximum atomic E-state index is 12.7. The Balaban J connectivity index is 2.13. The van der Waals surface area contributed by atoms with Crippen LogP contribution in [0.4, 0.5) is 5.69 Å². The first-order valence-corrected chi connectivity index (χ1v) is 10.1. The quantitative estimate of drug-likeness (QED) is 0.789. The van der Waals surface area contributed by atoms with Gasteiger partial charge in [0.05, 0.1) is 12.0 Å². The highest BCUT2D eigenvalue weighted by atomic mass is 32.2. The fraction of sp³-hybridized carbons (Fsp3) is 0.350. The van der Waals surface area contributed by atoms with Crippen LogP contribution in [-0.4, -0.2) is 34.5 Å². The molecule has 2 aromatic rings. The van der Waals surface area contributed by atoms with Crippen LogP contribution in [0.2, 0.25) is 0 Å². The van der Waals surface area contributed by atoms with Crippen LogP contribution in [0, 0.1) is 20.8 Å². The molecule has 0 bridgehead atoms. The van der Waals surface area contributed by atoms with E-state index < -0.39 is 10.0 Å². The molecule has 0 fully saturated rings. The lowest BCUT2D eigenvalue weighted by Gasteiger charge is -2.22. The van der Waals surface area contributed by atoms with Gasteiger partial charge in [-0.1, -0.05) is 17.7 Å².